The number of carboxylic acid groups (broad SMARTS) is 1. The molecule has 9 nitrogen and oxygen atoms in total. The number of hydrogen-bond acceptors (Lipinski definition) is 6. The number of nitrogens with one attached hydrogen (secondary N) is 3. The van der Waals surface area contributed by atoms with Gasteiger partial charge >= 0.3 is 5.97 Å². The van der Waals surface area contributed by atoms with E-state index in [0.717, 1.165) is 12.2 Å². The molecule has 38 heavy (non-hydrogen) atoms. The van der Waals surface area contributed by atoms with Crippen LogP contribution in [0.1, 0.15) is 94.9 Å². The van der Waals surface area contributed by atoms with Gasteiger partial charge < -0.3 is 25.8 Å². The number of carbonyl (C=O) groups is 4. The standard InChI is InChI=1S/C28H53N3O6S/c1-25(2,3)13-11-21(32)29-16-14-28(9,10)37-18-27(7,8)24(36)31-20(17-38-19-26(4,5)6)23(35)30-15-12-22(33)34/h20H,11-19H2,1-10H3,(H,29,32)(H,30,35)(H,31,36)(H,33,34)/t20-/m0/s1. The van der Waals surface area contributed by atoms with Gasteiger partial charge in [0.25, 0.3) is 0 Å². The summed E-state index contributed by atoms with van der Waals surface area (Å²) in [6.45, 7) is 20.6. The Bertz CT molecular complexity index is 784. The van der Waals surface area contributed by atoms with Crippen LogP contribution in [0.4, 0.5) is 0 Å². The highest BCUT2D eigenvalue weighted by Gasteiger charge is 2.34. The van der Waals surface area contributed by atoms with Crippen LogP contribution < -0.4 is 16.0 Å². The summed E-state index contributed by atoms with van der Waals surface area (Å²) in [5.41, 5.74) is -1.31. The molecule has 0 unspecified atom stereocenters. The van der Waals surface area contributed by atoms with E-state index in [1.54, 1.807) is 25.6 Å². The highest BCUT2D eigenvalue weighted by Crippen LogP contribution is 2.24. The molecule has 0 fully saturated rings. The molecular weight excluding hydrogens is 506 g/mol. The Hall–Kier alpha value is -1.81. The van der Waals surface area contributed by atoms with Crippen molar-refractivity contribution in [3.63, 3.8) is 0 Å². The van der Waals surface area contributed by atoms with Gasteiger partial charge in [-0.15, -0.1) is 0 Å². The third kappa shape index (κ3) is 18.4. The van der Waals surface area contributed by atoms with Crippen molar-refractivity contribution in [2.45, 2.75) is 107 Å². The Morgan fingerprint density at radius 1 is 0.816 bits per heavy atom. The van der Waals surface area contributed by atoms with Gasteiger partial charge in [-0.3, -0.25) is 19.2 Å². The first-order valence-corrected chi connectivity index (χ1v) is 14.6. The Kier molecular flexibility index (Phi) is 15.0. The summed E-state index contributed by atoms with van der Waals surface area (Å²) in [4.78, 5) is 48.8. The summed E-state index contributed by atoms with van der Waals surface area (Å²) < 4.78 is 6.09. The maximum atomic E-state index is 13.2. The van der Waals surface area contributed by atoms with E-state index in [9.17, 15) is 19.2 Å². The first-order valence-electron chi connectivity index (χ1n) is 13.4. The van der Waals surface area contributed by atoms with Crippen LogP contribution in [0.25, 0.3) is 0 Å². The maximum Gasteiger partial charge on any atom is 0.305 e. The van der Waals surface area contributed by atoms with E-state index in [1.807, 2.05) is 13.8 Å². The van der Waals surface area contributed by atoms with Gasteiger partial charge in [-0.05, 0) is 57.1 Å². The second kappa shape index (κ2) is 15.7. The van der Waals surface area contributed by atoms with Crippen molar-refractivity contribution < 1.29 is 29.0 Å². The van der Waals surface area contributed by atoms with Crippen molar-refractivity contribution in [2.75, 3.05) is 31.2 Å². The van der Waals surface area contributed by atoms with Crippen LogP contribution in [-0.2, 0) is 23.9 Å². The van der Waals surface area contributed by atoms with Gasteiger partial charge in [-0.25, -0.2) is 0 Å². The maximum absolute atomic E-state index is 13.2. The highest BCUT2D eigenvalue weighted by atomic mass is 32.2. The number of thioether (sulfide) groups is 1. The zero-order valence-electron chi connectivity index (χ0n) is 25.3. The average Bonchev–Trinajstić information content (AvgIpc) is 2.74. The largest absolute Gasteiger partial charge is 0.481 e. The van der Waals surface area contributed by atoms with E-state index in [4.69, 9.17) is 9.84 Å². The Morgan fingerprint density at radius 2 is 1.42 bits per heavy atom. The molecule has 0 aliphatic heterocycles. The molecular formula is C28H53N3O6S. The third-order valence-electron chi connectivity index (χ3n) is 5.67. The van der Waals surface area contributed by atoms with Gasteiger partial charge in [-0.2, -0.15) is 11.8 Å². The Morgan fingerprint density at radius 3 is 1.95 bits per heavy atom. The predicted molar refractivity (Wildman–Crippen MR) is 154 cm³/mol. The minimum absolute atomic E-state index is 0.00207. The minimum Gasteiger partial charge on any atom is -0.481 e. The molecule has 0 saturated heterocycles. The number of amides is 3. The topological polar surface area (TPSA) is 134 Å². The van der Waals surface area contributed by atoms with Gasteiger partial charge in [0.05, 0.1) is 24.0 Å². The molecule has 0 rings (SSSR count). The summed E-state index contributed by atoms with van der Waals surface area (Å²) in [6, 6.07) is -0.792. The smallest absolute Gasteiger partial charge is 0.305 e. The molecule has 0 saturated carbocycles. The Balaban J connectivity index is 4.94. The molecule has 0 radical (unpaired) electrons. The lowest BCUT2D eigenvalue weighted by atomic mass is 9.90. The number of hydrogen-bond donors (Lipinski definition) is 4. The zero-order valence-corrected chi connectivity index (χ0v) is 26.2. The molecule has 0 aromatic heterocycles. The fraction of sp³-hybridized carbons (Fsp3) is 0.857. The predicted octanol–water partition coefficient (Wildman–Crippen LogP) is 4.00. The van der Waals surface area contributed by atoms with E-state index in [2.05, 4.69) is 57.5 Å². The molecule has 0 heterocycles. The summed E-state index contributed by atoms with van der Waals surface area (Å²) in [5.74, 6) is -0.529. The quantitative estimate of drug-likeness (QED) is 0.212. The third-order valence-corrected chi connectivity index (χ3v) is 7.31. The van der Waals surface area contributed by atoms with Crippen LogP contribution in [0.15, 0.2) is 0 Å². The lowest BCUT2D eigenvalue weighted by Gasteiger charge is -2.32. The molecule has 3 amide bonds. The number of rotatable bonds is 17. The van der Waals surface area contributed by atoms with E-state index in [-0.39, 0.29) is 42.2 Å². The van der Waals surface area contributed by atoms with E-state index >= 15 is 0 Å². The first-order chi connectivity index (χ1) is 17.1. The molecule has 0 aliphatic rings. The van der Waals surface area contributed by atoms with Crippen molar-refractivity contribution in [2.24, 2.45) is 16.2 Å². The molecule has 4 N–H and O–H groups in total. The molecule has 0 aromatic carbocycles. The molecule has 222 valence electrons. The monoisotopic (exact) mass is 559 g/mol. The number of carboxylic acids is 1. The van der Waals surface area contributed by atoms with Crippen LogP contribution >= 0.6 is 11.8 Å². The van der Waals surface area contributed by atoms with E-state index in [0.29, 0.717) is 25.1 Å². The number of carbonyl (C=O) groups excluding carboxylic acids is 3. The van der Waals surface area contributed by atoms with Crippen molar-refractivity contribution >= 4 is 35.5 Å². The number of aliphatic carboxylic acids is 1. The summed E-state index contributed by atoms with van der Waals surface area (Å²) in [7, 11) is 0. The minimum atomic E-state index is -1.00. The normalized spacial score (nSPS) is 13.5. The van der Waals surface area contributed by atoms with Gasteiger partial charge in [0.1, 0.15) is 6.04 Å². The zero-order chi connectivity index (χ0) is 29.8. The van der Waals surface area contributed by atoms with E-state index in [1.165, 1.54) is 0 Å². The summed E-state index contributed by atoms with van der Waals surface area (Å²) >= 11 is 1.56. The van der Waals surface area contributed by atoms with Gasteiger partial charge in [-0.1, -0.05) is 41.5 Å². The average molecular weight is 560 g/mol. The lowest BCUT2D eigenvalue weighted by Crippen LogP contribution is -2.53. The lowest BCUT2D eigenvalue weighted by molar-refractivity contribution is -0.140. The molecule has 0 aromatic rings. The van der Waals surface area contributed by atoms with Crippen LogP contribution in [-0.4, -0.2) is 71.6 Å². The van der Waals surface area contributed by atoms with Gasteiger partial charge in [0, 0.05) is 25.3 Å². The van der Waals surface area contributed by atoms with Crippen LogP contribution in [0.3, 0.4) is 0 Å². The number of ether oxygens (including phenoxy) is 1. The SMILES string of the molecule is CC(C)(C)CCC(=O)NCCC(C)(C)OCC(C)(C)C(=O)N[C@@H](CSCC(C)(C)C)C(=O)NCCC(=O)O. The van der Waals surface area contributed by atoms with Crippen molar-refractivity contribution in [3.8, 4) is 0 Å². The fourth-order valence-corrected chi connectivity index (χ4v) is 4.23. The first kappa shape index (κ1) is 36.2. The van der Waals surface area contributed by atoms with Crippen molar-refractivity contribution in [3.05, 3.63) is 0 Å². The van der Waals surface area contributed by atoms with Crippen LogP contribution in [0, 0.1) is 16.2 Å². The van der Waals surface area contributed by atoms with Crippen molar-refractivity contribution in [1.29, 1.82) is 0 Å². The summed E-state index contributed by atoms with van der Waals surface area (Å²) in [5, 5.41) is 17.2. The molecule has 1 atom stereocenters. The fourth-order valence-electron chi connectivity index (χ4n) is 3.03. The van der Waals surface area contributed by atoms with Gasteiger partial charge in [0.15, 0.2) is 0 Å². The van der Waals surface area contributed by atoms with Crippen LogP contribution in [0.2, 0.25) is 0 Å². The van der Waals surface area contributed by atoms with Crippen molar-refractivity contribution in [1.82, 2.24) is 16.0 Å². The summed E-state index contributed by atoms with van der Waals surface area (Å²) in [6.07, 6.45) is 1.70. The second-order valence-electron chi connectivity index (χ2n) is 13.6. The van der Waals surface area contributed by atoms with Gasteiger partial charge in [0.2, 0.25) is 17.7 Å². The highest BCUT2D eigenvalue weighted by molar-refractivity contribution is 7.99. The molecule has 0 bridgehead atoms. The second-order valence-corrected chi connectivity index (χ2v) is 14.7. The van der Waals surface area contributed by atoms with Crippen LogP contribution in [0.5, 0.6) is 0 Å². The molecule has 10 heteroatoms. The molecule has 0 spiro atoms. The van der Waals surface area contributed by atoms with E-state index < -0.39 is 28.9 Å². The molecule has 0 aliphatic carbocycles. The Labute approximate surface area is 234 Å².